The van der Waals surface area contributed by atoms with Gasteiger partial charge < -0.3 is 15.5 Å². The lowest BCUT2D eigenvalue weighted by Gasteiger charge is -2.23. The second kappa shape index (κ2) is 2.68. The summed E-state index contributed by atoms with van der Waals surface area (Å²) in [5, 5.41) is 21.6. The maximum atomic E-state index is 9.42. The molecule has 0 bridgehead atoms. The number of benzene rings is 1. The van der Waals surface area contributed by atoms with Crippen molar-refractivity contribution in [2.45, 2.75) is 19.1 Å². The summed E-state index contributed by atoms with van der Waals surface area (Å²) in [5.74, 6) is 0.312. The minimum atomic E-state index is -0.473. The number of aliphatic hydroxyl groups is 1. The molecule has 1 unspecified atom stereocenters. The van der Waals surface area contributed by atoms with Gasteiger partial charge in [0, 0.05) is 11.3 Å². The molecular weight excluding hydrogens is 154 g/mol. The van der Waals surface area contributed by atoms with Crippen molar-refractivity contribution in [1.29, 1.82) is 0 Å². The van der Waals surface area contributed by atoms with E-state index in [0.29, 0.717) is 12.2 Å². The first-order valence-electron chi connectivity index (χ1n) is 4.03. The first-order valence-corrected chi connectivity index (χ1v) is 4.03. The lowest BCUT2D eigenvalue weighted by molar-refractivity contribution is 0.188. The van der Waals surface area contributed by atoms with Gasteiger partial charge in [-0.1, -0.05) is 6.07 Å². The summed E-state index contributed by atoms with van der Waals surface area (Å²) < 4.78 is 0. The third-order valence-electron chi connectivity index (χ3n) is 2.14. The smallest absolute Gasteiger partial charge is 0.124 e. The van der Waals surface area contributed by atoms with Crippen LogP contribution in [0, 0.1) is 0 Å². The Kier molecular flexibility index (Phi) is 1.66. The second-order valence-corrected chi connectivity index (χ2v) is 3.00. The Morgan fingerprint density at radius 3 is 3.08 bits per heavy atom. The molecule has 0 saturated heterocycles. The Labute approximate surface area is 70.7 Å². The van der Waals surface area contributed by atoms with Crippen molar-refractivity contribution >= 4 is 5.69 Å². The van der Waals surface area contributed by atoms with Crippen molar-refractivity contribution in [3.8, 4) is 5.75 Å². The molecule has 0 aliphatic carbocycles. The van der Waals surface area contributed by atoms with Crippen LogP contribution in [-0.2, 0) is 6.42 Å². The van der Waals surface area contributed by atoms with E-state index in [9.17, 15) is 10.2 Å². The maximum Gasteiger partial charge on any atom is 0.124 e. The molecule has 3 N–H and O–H groups in total. The Morgan fingerprint density at radius 1 is 1.42 bits per heavy atom. The topological polar surface area (TPSA) is 52.5 Å². The number of hydrogen-bond donors (Lipinski definition) is 3. The van der Waals surface area contributed by atoms with Gasteiger partial charge in [0.15, 0.2) is 0 Å². The number of nitrogens with one attached hydrogen (secondary N) is 1. The zero-order valence-corrected chi connectivity index (χ0v) is 6.62. The largest absolute Gasteiger partial charge is 0.508 e. The fourth-order valence-corrected chi connectivity index (χ4v) is 1.51. The van der Waals surface area contributed by atoms with Crippen molar-refractivity contribution in [1.82, 2.24) is 0 Å². The highest BCUT2D eigenvalue weighted by molar-refractivity contribution is 5.58. The van der Waals surface area contributed by atoms with Crippen LogP contribution in [0.5, 0.6) is 5.75 Å². The van der Waals surface area contributed by atoms with E-state index in [1.807, 2.05) is 6.07 Å². The van der Waals surface area contributed by atoms with Crippen LogP contribution in [0.15, 0.2) is 18.2 Å². The highest BCUT2D eigenvalue weighted by atomic mass is 16.3. The summed E-state index contributed by atoms with van der Waals surface area (Å²) >= 11 is 0. The molecule has 64 valence electrons. The van der Waals surface area contributed by atoms with Crippen LogP contribution in [0.1, 0.15) is 12.0 Å². The van der Waals surface area contributed by atoms with Gasteiger partial charge in [-0.15, -0.1) is 0 Å². The van der Waals surface area contributed by atoms with Crippen LogP contribution in [0.3, 0.4) is 0 Å². The van der Waals surface area contributed by atoms with Crippen molar-refractivity contribution < 1.29 is 10.2 Å². The number of hydrogen-bond acceptors (Lipinski definition) is 3. The normalized spacial score (nSPS) is 21.2. The van der Waals surface area contributed by atoms with Crippen molar-refractivity contribution in [3.05, 3.63) is 23.8 Å². The van der Waals surface area contributed by atoms with E-state index in [2.05, 4.69) is 5.32 Å². The van der Waals surface area contributed by atoms with Crippen LogP contribution >= 0.6 is 0 Å². The Hall–Kier alpha value is -1.22. The lowest BCUT2D eigenvalue weighted by atomic mass is 10.0. The van der Waals surface area contributed by atoms with Crippen LogP contribution in [0.25, 0.3) is 0 Å². The van der Waals surface area contributed by atoms with E-state index >= 15 is 0 Å². The molecule has 3 nitrogen and oxygen atoms in total. The summed E-state index contributed by atoms with van der Waals surface area (Å²) in [5.41, 5.74) is 1.75. The fourth-order valence-electron chi connectivity index (χ4n) is 1.51. The zero-order valence-electron chi connectivity index (χ0n) is 6.62. The number of phenolic OH excluding ortho intramolecular Hbond substituents is 1. The molecule has 1 aliphatic rings. The first-order chi connectivity index (χ1) is 5.77. The van der Waals surface area contributed by atoms with Gasteiger partial charge in [0.05, 0.1) is 0 Å². The number of aromatic hydroxyl groups is 1. The number of rotatable bonds is 0. The highest BCUT2D eigenvalue weighted by Crippen LogP contribution is 2.30. The molecule has 0 saturated carbocycles. The first kappa shape index (κ1) is 7.43. The van der Waals surface area contributed by atoms with Crippen molar-refractivity contribution in [2.24, 2.45) is 0 Å². The van der Waals surface area contributed by atoms with Gasteiger partial charge in [-0.25, -0.2) is 0 Å². The number of aliphatic hydroxyl groups excluding tert-OH is 1. The third kappa shape index (κ3) is 1.12. The number of phenols is 1. The second-order valence-electron chi connectivity index (χ2n) is 3.00. The van der Waals surface area contributed by atoms with Crippen LogP contribution in [-0.4, -0.2) is 16.4 Å². The van der Waals surface area contributed by atoms with E-state index in [-0.39, 0.29) is 0 Å². The molecule has 3 heteroatoms. The monoisotopic (exact) mass is 165 g/mol. The Bertz CT molecular complexity index is 299. The van der Waals surface area contributed by atoms with Gasteiger partial charge in [0.25, 0.3) is 0 Å². The van der Waals surface area contributed by atoms with Crippen molar-refractivity contribution in [3.63, 3.8) is 0 Å². The van der Waals surface area contributed by atoms with Gasteiger partial charge in [-0.05, 0) is 25.0 Å². The molecule has 1 aromatic carbocycles. The molecule has 1 aliphatic heterocycles. The van der Waals surface area contributed by atoms with E-state index in [4.69, 9.17) is 0 Å². The molecule has 2 rings (SSSR count). The zero-order chi connectivity index (χ0) is 8.55. The molecule has 0 fully saturated rings. The standard InChI is InChI=1S/C9H11NO2/c11-8-3-1-2-7-6(8)4-5-9(12)10-7/h1-3,9-12H,4-5H2. The van der Waals surface area contributed by atoms with E-state index in [0.717, 1.165) is 17.7 Å². The Balaban J connectivity index is 2.42. The predicted molar refractivity (Wildman–Crippen MR) is 46.1 cm³/mol. The third-order valence-corrected chi connectivity index (χ3v) is 2.14. The van der Waals surface area contributed by atoms with Crippen LogP contribution in [0.2, 0.25) is 0 Å². The average Bonchev–Trinajstić information content (AvgIpc) is 2.04. The lowest BCUT2D eigenvalue weighted by Crippen LogP contribution is -2.24. The van der Waals surface area contributed by atoms with Gasteiger partial charge in [-0.3, -0.25) is 0 Å². The molecule has 0 aromatic heterocycles. The van der Waals surface area contributed by atoms with E-state index in [1.165, 1.54) is 0 Å². The van der Waals surface area contributed by atoms with E-state index < -0.39 is 6.23 Å². The summed E-state index contributed by atoms with van der Waals surface area (Å²) in [6.07, 6.45) is 0.917. The molecule has 1 aromatic rings. The molecule has 0 amide bonds. The SMILES string of the molecule is Oc1cccc2c1CCC(O)N2. The minimum absolute atomic E-state index is 0.312. The number of anilines is 1. The summed E-state index contributed by atoms with van der Waals surface area (Å²) in [6, 6.07) is 5.29. The van der Waals surface area contributed by atoms with Crippen molar-refractivity contribution in [2.75, 3.05) is 5.32 Å². The summed E-state index contributed by atoms with van der Waals surface area (Å²) in [6.45, 7) is 0. The fraction of sp³-hybridized carbons (Fsp3) is 0.333. The average molecular weight is 165 g/mol. The molecular formula is C9H11NO2. The van der Waals surface area contributed by atoms with Gasteiger partial charge in [0.1, 0.15) is 12.0 Å². The highest BCUT2D eigenvalue weighted by Gasteiger charge is 2.16. The van der Waals surface area contributed by atoms with Gasteiger partial charge in [-0.2, -0.15) is 0 Å². The van der Waals surface area contributed by atoms with E-state index in [1.54, 1.807) is 12.1 Å². The van der Waals surface area contributed by atoms with Crippen LogP contribution in [0.4, 0.5) is 5.69 Å². The maximum absolute atomic E-state index is 9.42. The van der Waals surface area contributed by atoms with Crippen LogP contribution < -0.4 is 5.32 Å². The molecule has 0 spiro atoms. The summed E-state index contributed by atoms with van der Waals surface area (Å²) in [7, 11) is 0. The Morgan fingerprint density at radius 2 is 2.25 bits per heavy atom. The predicted octanol–water partition coefficient (Wildman–Crippen LogP) is 1.07. The van der Waals surface area contributed by atoms with Gasteiger partial charge >= 0.3 is 0 Å². The molecule has 1 atom stereocenters. The molecule has 0 radical (unpaired) electrons. The quantitative estimate of drug-likeness (QED) is 0.539. The molecule has 1 heterocycles. The molecule has 12 heavy (non-hydrogen) atoms. The number of fused-ring (bicyclic) bond motifs is 1. The minimum Gasteiger partial charge on any atom is -0.508 e. The van der Waals surface area contributed by atoms with Gasteiger partial charge in [0.2, 0.25) is 0 Å². The summed E-state index contributed by atoms with van der Waals surface area (Å²) in [4.78, 5) is 0.